The van der Waals surface area contributed by atoms with E-state index in [1.807, 2.05) is 12.1 Å². The van der Waals surface area contributed by atoms with E-state index >= 15 is 0 Å². The molecule has 0 unspecified atom stereocenters. The maximum Gasteiger partial charge on any atom is 0.131 e. The van der Waals surface area contributed by atoms with Crippen LogP contribution in [0.25, 0.3) is 0 Å². The number of nitriles is 2. The molecule has 1 rings (SSSR count). The van der Waals surface area contributed by atoms with Gasteiger partial charge in [0.2, 0.25) is 0 Å². The van der Waals surface area contributed by atoms with E-state index in [9.17, 15) is 0 Å². The lowest BCUT2D eigenvalue weighted by atomic mass is 10.1. The van der Waals surface area contributed by atoms with Gasteiger partial charge in [-0.05, 0) is 28.1 Å². The summed E-state index contributed by atoms with van der Waals surface area (Å²) in [6.07, 6.45) is 0. The fourth-order valence-corrected chi connectivity index (χ4v) is 1.20. The van der Waals surface area contributed by atoms with Crippen molar-refractivity contribution < 1.29 is 5.11 Å². The SMILES string of the molecule is N#Cc1ccc(O)c(Br)c1C#N. The van der Waals surface area contributed by atoms with Gasteiger partial charge in [-0.15, -0.1) is 0 Å². The van der Waals surface area contributed by atoms with Gasteiger partial charge in [-0.2, -0.15) is 10.5 Å². The van der Waals surface area contributed by atoms with Crippen molar-refractivity contribution in [3.05, 3.63) is 27.7 Å². The zero-order valence-electron chi connectivity index (χ0n) is 5.87. The summed E-state index contributed by atoms with van der Waals surface area (Å²) < 4.78 is 0.268. The third-order valence-electron chi connectivity index (χ3n) is 1.35. The minimum atomic E-state index is -0.0365. The zero-order valence-corrected chi connectivity index (χ0v) is 7.46. The molecule has 3 nitrogen and oxygen atoms in total. The summed E-state index contributed by atoms with van der Waals surface area (Å²) in [7, 11) is 0. The molecule has 0 aliphatic rings. The lowest BCUT2D eigenvalue weighted by molar-refractivity contribution is 0.471. The number of benzene rings is 1. The first-order chi connectivity index (χ1) is 5.70. The number of phenols is 1. The van der Waals surface area contributed by atoms with Gasteiger partial charge in [-0.1, -0.05) is 0 Å². The molecule has 58 valence electrons. The molecule has 4 heteroatoms. The number of hydrogen-bond acceptors (Lipinski definition) is 3. The normalized spacial score (nSPS) is 8.58. The summed E-state index contributed by atoms with van der Waals surface area (Å²) in [6.45, 7) is 0. The molecule has 0 spiro atoms. The Morgan fingerprint density at radius 2 is 1.92 bits per heavy atom. The van der Waals surface area contributed by atoms with Crippen LogP contribution in [0.5, 0.6) is 5.75 Å². The quantitative estimate of drug-likeness (QED) is 0.730. The zero-order chi connectivity index (χ0) is 9.14. The Labute approximate surface area is 77.6 Å². The third-order valence-corrected chi connectivity index (χ3v) is 2.16. The highest BCUT2D eigenvalue weighted by atomic mass is 79.9. The molecule has 0 bridgehead atoms. The molecule has 0 radical (unpaired) electrons. The average Bonchev–Trinajstić information content (AvgIpc) is 2.09. The van der Waals surface area contributed by atoms with Crippen LogP contribution in [0.4, 0.5) is 0 Å². The molecule has 0 amide bonds. The number of halogens is 1. The van der Waals surface area contributed by atoms with E-state index in [0.717, 1.165) is 0 Å². The maximum atomic E-state index is 9.14. The Hall–Kier alpha value is -1.52. The van der Waals surface area contributed by atoms with Crippen molar-refractivity contribution in [2.75, 3.05) is 0 Å². The molecule has 0 heterocycles. The molecule has 1 aromatic carbocycles. The second-order valence-electron chi connectivity index (χ2n) is 2.04. The Morgan fingerprint density at radius 3 is 2.42 bits per heavy atom. The smallest absolute Gasteiger partial charge is 0.131 e. The number of hydrogen-bond donors (Lipinski definition) is 1. The molecular formula is C8H3BrN2O. The van der Waals surface area contributed by atoms with Crippen molar-refractivity contribution >= 4 is 15.9 Å². The van der Waals surface area contributed by atoms with Crippen LogP contribution in [-0.2, 0) is 0 Å². The lowest BCUT2D eigenvalue weighted by Crippen LogP contribution is -1.85. The van der Waals surface area contributed by atoms with Crippen molar-refractivity contribution in [3.63, 3.8) is 0 Å². The third kappa shape index (κ3) is 1.25. The Kier molecular flexibility index (Phi) is 2.32. The van der Waals surface area contributed by atoms with E-state index in [-0.39, 0.29) is 21.3 Å². The average molecular weight is 223 g/mol. The van der Waals surface area contributed by atoms with Gasteiger partial charge in [0.05, 0.1) is 15.6 Å². The number of nitrogens with zero attached hydrogens (tertiary/aromatic N) is 2. The van der Waals surface area contributed by atoms with Gasteiger partial charge >= 0.3 is 0 Å². The van der Waals surface area contributed by atoms with E-state index in [2.05, 4.69) is 15.9 Å². The van der Waals surface area contributed by atoms with Gasteiger partial charge in [0.1, 0.15) is 17.9 Å². The van der Waals surface area contributed by atoms with Gasteiger partial charge in [0.25, 0.3) is 0 Å². The van der Waals surface area contributed by atoms with E-state index in [1.54, 1.807) is 0 Å². The van der Waals surface area contributed by atoms with Crippen LogP contribution in [0, 0.1) is 22.7 Å². The lowest BCUT2D eigenvalue weighted by Gasteiger charge is -1.99. The minimum absolute atomic E-state index is 0.0365. The molecule has 12 heavy (non-hydrogen) atoms. The second kappa shape index (κ2) is 3.25. The van der Waals surface area contributed by atoms with E-state index in [1.165, 1.54) is 12.1 Å². The van der Waals surface area contributed by atoms with Crippen LogP contribution in [0.1, 0.15) is 11.1 Å². The van der Waals surface area contributed by atoms with Crippen molar-refractivity contribution in [3.8, 4) is 17.9 Å². The van der Waals surface area contributed by atoms with Gasteiger partial charge in [0, 0.05) is 0 Å². The summed E-state index contributed by atoms with van der Waals surface area (Å²) in [4.78, 5) is 0. The standard InChI is InChI=1S/C8H3BrN2O/c9-8-6(4-11)5(3-10)1-2-7(8)12/h1-2,12H. The fraction of sp³-hybridized carbons (Fsp3) is 0. The first kappa shape index (κ1) is 8.58. The largest absolute Gasteiger partial charge is 0.507 e. The molecular weight excluding hydrogens is 220 g/mol. The molecule has 0 atom stereocenters. The van der Waals surface area contributed by atoms with Crippen LogP contribution < -0.4 is 0 Å². The number of aromatic hydroxyl groups is 1. The first-order valence-electron chi connectivity index (χ1n) is 3.02. The van der Waals surface area contributed by atoms with Crippen molar-refractivity contribution in [1.82, 2.24) is 0 Å². The predicted molar refractivity (Wildman–Crippen MR) is 45.2 cm³/mol. The fourth-order valence-electron chi connectivity index (χ4n) is 0.768. The minimum Gasteiger partial charge on any atom is -0.507 e. The van der Waals surface area contributed by atoms with Crippen molar-refractivity contribution in [2.45, 2.75) is 0 Å². The molecule has 0 aliphatic heterocycles. The summed E-state index contributed by atoms with van der Waals surface area (Å²) in [5.41, 5.74) is 0.416. The van der Waals surface area contributed by atoms with Crippen LogP contribution in [0.2, 0.25) is 0 Å². The van der Waals surface area contributed by atoms with Gasteiger partial charge < -0.3 is 5.11 Å². The molecule has 0 saturated heterocycles. The van der Waals surface area contributed by atoms with Crippen LogP contribution in [-0.4, -0.2) is 5.11 Å². The van der Waals surface area contributed by atoms with E-state index < -0.39 is 0 Å². The van der Waals surface area contributed by atoms with Crippen molar-refractivity contribution in [1.29, 1.82) is 10.5 Å². The second-order valence-corrected chi connectivity index (χ2v) is 2.84. The summed E-state index contributed by atoms with van der Waals surface area (Å²) in [5.74, 6) is -0.0365. The van der Waals surface area contributed by atoms with Crippen LogP contribution >= 0.6 is 15.9 Å². The highest BCUT2D eigenvalue weighted by molar-refractivity contribution is 9.10. The summed E-state index contributed by atoms with van der Waals surface area (Å²) >= 11 is 3.01. The molecule has 1 aromatic rings. The molecule has 1 N–H and O–H groups in total. The van der Waals surface area contributed by atoms with Gasteiger partial charge in [0.15, 0.2) is 0 Å². The first-order valence-corrected chi connectivity index (χ1v) is 3.81. The van der Waals surface area contributed by atoms with Gasteiger partial charge in [-0.3, -0.25) is 0 Å². The van der Waals surface area contributed by atoms with Crippen molar-refractivity contribution in [2.24, 2.45) is 0 Å². The summed E-state index contributed by atoms with van der Waals surface area (Å²) in [5, 5.41) is 26.3. The topological polar surface area (TPSA) is 67.8 Å². The Balaban J connectivity index is 3.52. The van der Waals surface area contributed by atoms with Gasteiger partial charge in [-0.25, -0.2) is 0 Å². The maximum absolute atomic E-state index is 9.14. The number of rotatable bonds is 0. The Bertz CT molecular complexity index is 401. The van der Waals surface area contributed by atoms with E-state index in [4.69, 9.17) is 15.6 Å². The number of phenolic OH excluding ortho intramolecular Hbond substituents is 1. The van der Waals surface area contributed by atoms with Crippen LogP contribution in [0.3, 0.4) is 0 Å². The van der Waals surface area contributed by atoms with E-state index in [0.29, 0.717) is 0 Å². The highest BCUT2D eigenvalue weighted by Gasteiger charge is 2.09. The highest BCUT2D eigenvalue weighted by Crippen LogP contribution is 2.28. The monoisotopic (exact) mass is 222 g/mol. The molecule has 0 fully saturated rings. The predicted octanol–water partition coefficient (Wildman–Crippen LogP) is 1.90. The molecule has 0 aromatic heterocycles. The Morgan fingerprint density at radius 1 is 1.25 bits per heavy atom. The molecule has 0 saturated carbocycles. The molecule has 0 aliphatic carbocycles. The summed E-state index contributed by atoms with van der Waals surface area (Å²) in [6, 6.07) is 6.44. The van der Waals surface area contributed by atoms with Crippen LogP contribution in [0.15, 0.2) is 16.6 Å².